The molecule has 88 valence electrons. The third-order valence-corrected chi connectivity index (χ3v) is 2.66. The van der Waals surface area contributed by atoms with E-state index in [9.17, 15) is 4.79 Å². The van der Waals surface area contributed by atoms with Crippen LogP contribution in [0.1, 0.15) is 6.92 Å². The van der Waals surface area contributed by atoms with Gasteiger partial charge >= 0.3 is 0 Å². The molecule has 0 spiro atoms. The molecular weight excluding hydrogens is 216 g/mol. The number of carbonyl (C=O) groups excluding carboxylic acids is 1. The Labute approximate surface area is 99.6 Å². The smallest absolute Gasteiger partial charge is 0.253 e. The number of carbonyl (C=O) groups is 1. The average Bonchev–Trinajstić information content (AvgIpc) is 2.38. The van der Waals surface area contributed by atoms with Gasteiger partial charge in [0.1, 0.15) is 6.10 Å². The highest BCUT2D eigenvalue weighted by atomic mass is 16.5. The number of hydrogen-bond donors (Lipinski definition) is 1. The van der Waals surface area contributed by atoms with Crippen LogP contribution in [0.3, 0.4) is 0 Å². The molecule has 0 bridgehead atoms. The van der Waals surface area contributed by atoms with Gasteiger partial charge in [-0.15, -0.1) is 0 Å². The van der Waals surface area contributed by atoms with Crippen molar-refractivity contribution >= 4 is 22.4 Å². The lowest BCUT2D eigenvalue weighted by molar-refractivity contribution is -0.124. The molecule has 2 rings (SSSR count). The molecule has 0 aliphatic rings. The van der Waals surface area contributed by atoms with Crippen molar-refractivity contribution in [1.82, 2.24) is 4.98 Å². The number of anilines is 1. The van der Waals surface area contributed by atoms with E-state index < -0.39 is 6.10 Å². The van der Waals surface area contributed by atoms with E-state index in [4.69, 9.17) is 4.74 Å². The van der Waals surface area contributed by atoms with Gasteiger partial charge in [-0.25, -0.2) is 0 Å². The highest BCUT2D eigenvalue weighted by molar-refractivity contribution is 6.03. The first-order valence-electron chi connectivity index (χ1n) is 5.39. The molecule has 1 aromatic carbocycles. The Bertz CT molecular complexity index is 534. The van der Waals surface area contributed by atoms with Gasteiger partial charge in [0.2, 0.25) is 0 Å². The van der Waals surface area contributed by atoms with Crippen molar-refractivity contribution in [3.63, 3.8) is 0 Å². The standard InChI is InChI=1S/C13H14N2O2/c1-9(17-2)13(16)15-12-5-3-4-10-6-7-14-8-11(10)12/h3-9H,1-2H3,(H,15,16). The predicted molar refractivity (Wildman–Crippen MR) is 66.8 cm³/mol. The summed E-state index contributed by atoms with van der Waals surface area (Å²) in [5, 5.41) is 4.80. The lowest BCUT2D eigenvalue weighted by Gasteiger charge is -2.12. The quantitative estimate of drug-likeness (QED) is 0.879. The Morgan fingerprint density at radius 2 is 2.24 bits per heavy atom. The van der Waals surface area contributed by atoms with E-state index in [2.05, 4.69) is 10.3 Å². The Balaban J connectivity index is 2.33. The Kier molecular flexibility index (Phi) is 3.35. The Morgan fingerprint density at radius 3 is 3.00 bits per heavy atom. The van der Waals surface area contributed by atoms with Crippen molar-refractivity contribution in [3.05, 3.63) is 36.7 Å². The molecule has 1 amide bonds. The van der Waals surface area contributed by atoms with Crippen molar-refractivity contribution < 1.29 is 9.53 Å². The van der Waals surface area contributed by atoms with Crippen LogP contribution in [-0.2, 0) is 9.53 Å². The molecule has 0 saturated carbocycles. The van der Waals surface area contributed by atoms with Gasteiger partial charge in [-0.1, -0.05) is 12.1 Å². The molecule has 4 nitrogen and oxygen atoms in total. The van der Waals surface area contributed by atoms with E-state index in [1.54, 1.807) is 19.3 Å². The van der Waals surface area contributed by atoms with Gasteiger partial charge in [-0.3, -0.25) is 9.78 Å². The molecule has 0 fully saturated rings. The first kappa shape index (κ1) is 11.5. The molecule has 1 aromatic heterocycles. The topological polar surface area (TPSA) is 51.2 Å². The minimum Gasteiger partial charge on any atom is -0.372 e. The zero-order valence-corrected chi connectivity index (χ0v) is 9.81. The number of benzene rings is 1. The number of aromatic nitrogens is 1. The molecule has 0 aliphatic carbocycles. The molecule has 1 N–H and O–H groups in total. The van der Waals surface area contributed by atoms with Crippen LogP contribution in [0.2, 0.25) is 0 Å². The third-order valence-electron chi connectivity index (χ3n) is 2.66. The first-order valence-corrected chi connectivity index (χ1v) is 5.39. The van der Waals surface area contributed by atoms with Gasteiger partial charge in [0.15, 0.2) is 0 Å². The molecule has 2 aromatic rings. The lowest BCUT2D eigenvalue weighted by atomic mass is 10.1. The molecule has 0 radical (unpaired) electrons. The number of pyridine rings is 1. The Morgan fingerprint density at radius 1 is 1.41 bits per heavy atom. The van der Waals surface area contributed by atoms with Crippen molar-refractivity contribution in [2.24, 2.45) is 0 Å². The number of rotatable bonds is 3. The van der Waals surface area contributed by atoms with Crippen LogP contribution >= 0.6 is 0 Å². The maximum atomic E-state index is 11.7. The van der Waals surface area contributed by atoms with Gasteiger partial charge in [-0.05, 0) is 24.4 Å². The fourth-order valence-corrected chi connectivity index (χ4v) is 1.56. The van der Waals surface area contributed by atoms with Crippen LogP contribution in [0.15, 0.2) is 36.7 Å². The van der Waals surface area contributed by atoms with E-state index in [0.29, 0.717) is 0 Å². The summed E-state index contributed by atoms with van der Waals surface area (Å²) >= 11 is 0. The number of fused-ring (bicyclic) bond motifs is 1. The van der Waals surface area contributed by atoms with Crippen molar-refractivity contribution in [1.29, 1.82) is 0 Å². The van der Waals surface area contributed by atoms with E-state index in [1.165, 1.54) is 7.11 Å². The summed E-state index contributed by atoms with van der Waals surface area (Å²) in [7, 11) is 1.51. The van der Waals surface area contributed by atoms with Gasteiger partial charge in [0.05, 0.1) is 5.69 Å². The van der Waals surface area contributed by atoms with Crippen molar-refractivity contribution in [2.45, 2.75) is 13.0 Å². The van der Waals surface area contributed by atoms with Crippen LogP contribution in [0.25, 0.3) is 10.8 Å². The van der Waals surface area contributed by atoms with Crippen molar-refractivity contribution in [3.8, 4) is 0 Å². The number of amides is 1. The average molecular weight is 230 g/mol. The van der Waals surface area contributed by atoms with Gasteiger partial charge < -0.3 is 10.1 Å². The minimum absolute atomic E-state index is 0.163. The molecule has 17 heavy (non-hydrogen) atoms. The lowest BCUT2D eigenvalue weighted by Crippen LogP contribution is -2.26. The number of ether oxygens (including phenoxy) is 1. The highest BCUT2D eigenvalue weighted by Gasteiger charge is 2.12. The van der Waals surface area contributed by atoms with Crippen molar-refractivity contribution in [2.75, 3.05) is 12.4 Å². The minimum atomic E-state index is -0.470. The van der Waals surface area contributed by atoms with Crippen LogP contribution in [0.5, 0.6) is 0 Å². The van der Waals surface area contributed by atoms with E-state index >= 15 is 0 Å². The van der Waals surface area contributed by atoms with Crippen LogP contribution in [-0.4, -0.2) is 24.1 Å². The summed E-state index contributed by atoms with van der Waals surface area (Å²) in [6.45, 7) is 1.71. The summed E-state index contributed by atoms with van der Waals surface area (Å²) in [6, 6.07) is 7.64. The Hall–Kier alpha value is -1.94. The molecule has 1 atom stereocenters. The van der Waals surface area contributed by atoms with Gasteiger partial charge in [0, 0.05) is 24.9 Å². The summed E-state index contributed by atoms with van der Waals surface area (Å²) in [5.41, 5.74) is 0.754. The second-order valence-electron chi connectivity index (χ2n) is 3.77. The molecule has 0 aliphatic heterocycles. The summed E-state index contributed by atoms with van der Waals surface area (Å²) in [4.78, 5) is 15.8. The predicted octanol–water partition coefficient (Wildman–Crippen LogP) is 2.21. The fraction of sp³-hybridized carbons (Fsp3) is 0.231. The maximum Gasteiger partial charge on any atom is 0.253 e. The second-order valence-corrected chi connectivity index (χ2v) is 3.77. The number of hydrogen-bond acceptors (Lipinski definition) is 3. The van der Waals surface area contributed by atoms with Gasteiger partial charge in [0.25, 0.3) is 5.91 Å². The van der Waals surface area contributed by atoms with Gasteiger partial charge in [-0.2, -0.15) is 0 Å². The maximum absolute atomic E-state index is 11.7. The summed E-state index contributed by atoms with van der Waals surface area (Å²) in [6.07, 6.45) is 3.00. The van der Waals surface area contributed by atoms with Crippen LogP contribution in [0.4, 0.5) is 5.69 Å². The summed E-state index contributed by atoms with van der Waals surface area (Å²) in [5.74, 6) is -0.163. The fourth-order valence-electron chi connectivity index (χ4n) is 1.56. The molecule has 4 heteroatoms. The number of methoxy groups -OCH3 is 1. The first-order chi connectivity index (χ1) is 8.22. The number of nitrogens with one attached hydrogen (secondary N) is 1. The molecule has 0 saturated heterocycles. The van der Waals surface area contributed by atoms with E-state index in [-0.39, 0.29) is 5.91 Å². The largest absolute Gasteiger partial charge is 0.372 e. The number of nitrogens with zero attached hydrogens (tertiary/aromatic N) is 1. The normalized spacial score (nSPS) is 12.4. The molecular formula is C13H14N2O2. The second kappa shape index (κ2) is 4.93. The zero-order chi connectivity index (χ0) is 12.3. The molecule has 1 unspecified atom stereocenters. The molecule has 1 heterocycles. The zero-order valence-electron chi connectivity index (χ0n) is 9.81. The van der Waals surface area contributed by atoms with E-state index in [1.807, 2.05) is 24.3 Å². The van der Waals surface area contributed by atoms with Crippen LogP contribution < -0.4 is 5.32 Å². The third kappa shape index (κ3) is 2.42. The highest BCUT2D eigenvalue weighted by Crippen LogP contribution is 2.22. The van der Waals surface area contributed by atoms with Crippen LogP contribution in [0, 0.1) is 0 Å². The monoisotopic (exact) mass is 230 g/mol. The summed E-state index contributed by atoms with van der Waals surface area (Å²) < 4.78 is 4.97. The van der Waals surface area contributed by atoms with E-state index in [0.717, 1.165) is 16.5 Å². The SMILES string of the molecule is COC(C)C(=O)Nc1cccc2ccncc12.